The van der Waals surface area contributed by atoms with Gasteiger partial charge in [0.05, 0.1) is 0 Å². The molecule has 2 aromatic carbocycles. The first kappa shape index (κ1) is 17.7. The minimum atomic E-state index is 0.769. The molecule has 0 aliphatic rings. The van der Waals surface area contributed by atoms with Gasteiger partial charge in [0, 0.05) is 18.1 Å². The topological polar surface area (TPSA) is 29.9 Å². The monoisotopic (exact) mass is 343 g/mol. The van der Waals surface area contributed by atoms with Gasteiger partial charge in [-0.25, -0.2) is 4.98 Å². The smallest absolute Gasteiger partial charge is 0.138 e. The molecular weight excluding hydrogens is 318 g/mol. The number of hydrogen-bond donors (Lipinski definition) is 1. The standard InChI is InChI=1S/C23H25N3/c1-16-6-10-22(11-7-16)25-20(5)26-13-12-24-23(26)15-19(4)21-9-8-17(2)18(3)14-21/h6-15,25H,5H2,1-4H3/b19-15+. The number of anilines is 1. The fourth-order valence-corrected chi connectivity index (χ4v) is 2.78. The van der Waals surface area contributed by atoms with Crippen LogP contribution in [-0.2, 0) is 0 Å². The first-order valence-electron chi connectivity index (χ1n) is 8.76. The molecule has 3 rings (SSSR count). The second-order valence-corrected chi connectivity index (χ2v) is 6.72. The van der Waals surface area contributed by atoms with Crippen molar-refractivity contribution in [2.24, 2.45) is 0 Å². The predicted octanol–water partition coefficient (Wildman–Crippen LogP) is 5.91. The van der Waals surface area contributed by atoms with Gasteiger partial charge in [0.25, 0.3) is 0 Å². The summed E-state index contributed by atoms with van der Waals surface area (Å²) >= 11 is 0. The van der Waals surface area contributed by atoms with E-state index in [9.17, 15) is 0 Å². The number of aromatic nitrogens is 2. The van der Waals surface area contributed by atoms with E-state index in [2.05, 4.69) is 81.0 Å². The van der Waals surface area contributed by atoms with Crippen LogP contribution in [0.25, 0.3) is 17.5 Å². The first-order chi connectivity index (χ1) is 12.4. The Morgan fingerprint density at radius 3 is 2.46 bits per heavy atom. The van der Waals surface area contributed by atoms with Crippen LogP contribution in [0.1, 0.15) is 35.0 Å². The lowest BCUT2D eigenvalue weighted by molar-refractivity contribution is 1.06. The summed E-state index contributed by atoms with van der Waals surface area (Å²) in [5.41, 5.74) is 7.22. The molecular formula is C23H25N3. The maximum Gasteiger partial charge on any atom is 0.138 e. The quantitative estimate of drug-likeness (QED) is 0.624. The zero-order valence-corrected chi connectivity index (χ0v) is 15.9. The van der Waals surface area contributed by atoms with E-state index in [1.807, 2.05) is 22.9 Å². The van der Waals surface area contributed by atoms with Gasteiger partial charge in [0.2, 0.25) is 0 Å². The van der Waals surface area contributed by atoms with Crippen LogP contribution in [0.5, 0.6) is 0 Å². The Morgan fingerprint density at radius 1 is 1.04 bits per heavy atom. The molecule has 0 saturated heterocycles. The third kappa shape index (κ3) is 3.94. The van der Waals surface area contributed by atoms with Crippen LogP contribution in [0.4, 0.5) is 5.69 Å². The van der Waals surface area contributed by atoms with Gasteiger partial charge < -0.3 is 5.32 Å². The molecule has 0 aliphatic heterocycles. The number of rotatable bonds is 5. The van der Waals surface area contributed by atoms with Gasteiger partial charge >= 0.3 is 0 Å². The summed E-state index contributed by atoms with van der Waals surface area (Å²) in [5, 5.41) is 3.34. The van der Waals surface area contributed by atoms with Crippen LogP contribution in [0.2, 0.25) is 0 Å². The van der Waals surface area contributed by atoms with E-state index in [1.54, 1.807) is 6.20 Å². The normalized spacial score (nSPS) is 11.5. The molecule has 0 fully saturated rings. The molecule has 1 N–H and O–H groups in total. The molecule has 1 heterocycles. The van der Waals surface area contributed by atoms with Gasteiger partial charge in [-0.3, -0.25) is 4.57 Å². The van der Waals surface area contributed by atoms with Gasteiger partial charge in [0.15, 0.2) is 0 Å². The molecule has 0 amide bonds. The molecule has 0 saturated carbocycles. The van der Waals surface area contributed by atoms with Crippen molar-refractivity contribution in [3.63, 3.8) is 0 Å². The predicted molar refractivity (Wildman–Crippen MR) is 112 cm³/mol. The van der Waals surface area contributed by atoms with E-state index < -0.39 is 0 Å². The van der Waals surface area contributed by atoms with Crippen molar-refractivity contribution >= 4 is 23.2 Å². The second-order valence-electron chi connectivity index (χ2n) is 6.72. The van der Waals surface area contributed by atoms with Gasteiger partial charge in [-0.2, -0.15) is 0 Å². The van der Waals surface area contributed by atoms with Crippen molar-refractivity contribution in [3.05, 3.63) is 89.5 Å². The van der Waals surface area contributed by atoms with Crippen molar-refractivity contribution in [2.45, 2.75) is 27.7 Å². The summed E-state index contributed by atoms with van der Waals surface area (Å²) in [6.45, 7) is 12.6. The fourth-order valence-electron chi connectivity index (χ4n) is 2.78. The number of aryl methyl sites for hydroxylation is 3. The molecule has 26 heavy (non-hydrogen) atoms. The van der Waals surface area contributed by atoms with Crippen LogP contribution >= 0.6 is 0 Å². The highest BCUT2D eigenvalue weighted by Gasteiger charge is 2.06. The minimum Gasteiger partial charge on any atom is -0.342 e. The molecule has 3 aromatic rings. The van der Waals surface area contributed by atoms with Crippen LogP contribution in [0, 0.1) is 20.8 Å². The van der Waals surface area contributed by atoms with Gasteiger partial charge in [0.1, 0.15) is 11.6 Å². The Kier molecular flexibility index (Phi) is 5.08. The Morgan fingerprint density at radius 2 is 1.77 bits per heavy atom. The van der Waals surface area contributed by atoms with E-state index in [0.29, 0.717) is 0 Å². The first-order valence-corrected chi connectivity index (χ1v) is 8.76. The highest BCUT2D eigenvalue weighted by Crippen LogP contribution is 2.21. The van der Waals surface area contributed by atoms with Crippen molar-refractivity contribution in [2.75, 3.05) is 5.32 Å². The molecule has 0 radical (unpaired) electrons. The zero-order chi connectivity index (χ0) is 18.7. The maximum atomic E-state index is 4.48. The Hall–Kier alpha value is -3.07. The van der Waals surface area contributed by atoms with Crippen LogP contribution in [-0.4, -0.2) is 9.55 Å². The summed E-state index contributed by atoms with van der Waals surface area (Å²) in [6, 6.07) is 14.8. The summed E-state index contributed by atoms with van der Waals surface area (Å²) < 4.78 is 1.96. The van der Waals surface area contributed by atoms with Crippen molar-refractivity contribution in [1.82, 2.24) is 9.55 Å². The molecule has 0 bridgehead atoms. The molecule has 0 unspecified atom stereocenters. The minimum absolute atomic E-state index is 0.769. The fraction of sp³-hybridized carbons (Fsp3) is 0.174. The van der Waals surface area contributed by atoms with Crippen molar-refractivity contribution < 1.29 is 0 Å². The lowest BCUT2D eigenvalue weighted by atomic mass is 10.0. The van der Waals surface area contributed by atoms with Crippen LogP contribution in [0.15, 0.2) is 61.4 Å². The zero-order valence-electron chi connectivity index (χ0n) is 15.9. The lowest BCUT2D eigenvalue weighted by Crippen LogP contribution is -2.06. The maximum absolute atomic E-state index is 4.48. The number of nitrogens with one attached hydrogen (secondary N) is 1. The Labute approximate surface area is 155 Å². The molecule has 1 aromatic heterocycles. The molecule has 3 heteroatoms. The summed E-state index contributed by atoms with van der Waals surface area (Å²) in [5.74, 6) is 1.62. The summed E-state index contributed by atoms with van der Waals surface area (Å²) in [7, 11) is 0. The SMILES string of the molecule is C=C(Nc1ccc(C)cc1)n1ccnc1/C=C(\C)c1ccc(C)c(C)c1. The van der Waals surface area contributed by atoms with Gasteiger partial charge in [-0.15, -0.1) is 0 Å². The number of nitrogens with zero attached hydrogens (tertiary/aromatic N) is 2. The van der Waals surface area contributed by atoms with E-state index in [-0.39, 0.29) is 0 Å². The van der Waals surface area contributed by atoms with E-state index in [4.69, 9.17) is 0 Å². The highest BCUT2D eigenvalue weighted by atomic mass is 15.2. The largest absolute Gasteiger partial charge is 0.342 e. The van der Waals surface area contributed by atoms with Crippen molar-refractivity contribution in [3.8, 4) is 0 Å². The lowest BCUT2D eigenvalue weighted by Gasteiger charge is -2.13. The van der Waals surface area contributed by atoms with Gasteiger partial charge in [-0.05, 0) is 68.2 Å². The van der Waals surface area contributed by atoms with Crippen molar-refractivity contribution in [1.29, 1.82) is 0 Å². The molecule has 0 aliphatic carbocycles. The van der Waals surface area contributed by atoms with E-state index in [1.165, 1.54) is 27.8 Å². The second kappa shape index (κ2) is 7.44. The molecule has 0 atom stereocenters. The van der Waals surface area contributed by atoms with E-state index >= 15 is 0 Å². The van der Waals surface area contributed by atoms with Crippen LogP contribution < -0.4 is 5.32 Å². The number of imidazole rings is 1. The average molecular weight is 343 g/mol. The third-order valence-electron chi connectivity index (χ3n) is 4.61. The van der Waals surface area contributed by atoms with Crippen LogP contribution in [0.3, 0.4) is 0 Å². The number of benzene rings is 2. The average Bonchev–Trinajstić information content (AvgIpc) is 3.07. The number of allylic oxidation sites excluding steroid dienone is 1. The molecule has 132 valence electrons. The highest BCUT2D eigenvalue weighted by molar-refractivity contribution is 5.80. The summed E-state index contributed by atoms with van der Waals surface area (Å²) in [4.78, 5) is 4.48. The Balaban J connectivity index is 1.84. The Bertz CT molecular complexity index is 959. The summed E-state index contributed by atoms with van der Waals surface area (Å²) in [6.07, 6.45) is 5.80. The molecule has 3 nitrogen and oxygen atoms in total. The third-order valence-corrected chi connectivity index (χ3v) is 4.61. The number of hydrogen-bond acceptors (Lipinski definition) is 2. The van der Waals surface area contributed by atoms with Gasteiger partial charge in [-0.1, -0.05) is 42.5 Å². The van der Waals surface area contributed by atoms with E-state index in [0.717, 1.165) is 17.3 Å². The molecule has 0 spiro atoms.